The van der Waals surface area contributed by atoms with Crippen LogP contribution in [0.3, 0.4) is 0 Å². The number of anilines is 1. The first-order valence-corrected chi connectivity index (χ1v) is 8.21. The van der Waals surface area contributed by atoms with Gasteiger partial charge in [0, 0.05) is 19.3 Å². The van der Waals surface area contributed by atoms with Crippen molar-refractivity contribution in [3.8, 4) is 0 Å². The van der Waals surface area contributed by atoms with Crippen molar-refractivity contribution in [3.63, 3.8) is 0 Å². The zero-order valence-corrected chi connectivity index (χ0v) is 14.0. The Kier molecular flexibility index (Phi) is 4.88. The van der Waals surface area contributed by atoms with Gasteiger partial charge in [-0.2, -0.15) is 5.10 Å². The highest BCUT2D eigenvalue weighted by molar-refractivity contribution is 7.71. The molecule has 1 aromatic carbocycles. The number of carbonyl (C=O) groups is 1. The Morgan fingerprint density at radius 1 is 1.39 bits per heavy atom. The number of nitrogens with zero attached hydrogens (tertiary/aromatic N) is 4. The highest BCUT2D eigenvalue weighted by atomic mass is 32.1. The number of rotatable bonds is 4. The molecule has 0 bridgehead atoms. The largest absolute Gasteiger partial charge is 0.326 e. The first-order chi connectivity index (χ1) is 11.1. The maximum atomic E-state index is 12.5. The summed E-state index contributed by atoms with van der Waals surface area (Å²) in [7, 11) is 1.89. The van der Waals surface area contributed by atoms with Gasteiger partial charge in [0.05, 0.1) is 12.6 Å². The van der Waals surface area contributed by atoms with E-state index >= 15 is 0 Å². The van der Waals surface area contributed by atoms with Gasteiger partial charge in [0.1, 0.15) is 6.33 Å². The van der Waals surface area contributed by atoms with E-state index in [1.807, 2.05) is 41.9 Å². The van der Waals surface area contributed by atoms with Gasteiger partial charge < -0.3 is 9.88 Å². The summed E-state index contributed by atoms with van der Waals surface area (Å²) in [6.45, 7) is 2.33. The van der Waals surface area contributed by atoms with Gasteiger partial charge in [-0.1, -0.05) is 18.2 Å². The monoisotopic (exact) mass is 331 g/mol. The van der Waals surface area contributed by atoms with Crippen molar-refractivity contribution in [1.82, 2.24) is 19.2 Å². The molecule has 0 saturated carbocycles. The van der Waals surface area contributed by atoms with E-state index in [0.717, 1.165) is 31.6 Å². The van der Waals surface area contributed by atoms with Crippen LogP contribution in [0.15, 0.2) is 36.7 Å². The number of piperidine rings is 1. The van der Waals surface area contributed by atoms with Gasteiger partial charge in [0.25, 0.3) is 0 Å². The van der Waals surface area contributed by atoms with Crippen LogP contribution in [0.5, 0.6) is 0 Å². The predicted octanol–water partition coefficient (Wildman–Crippen LogP) is 2.26. The minimum atomic E-state index is 0.00170. The van der Waals surface area contributed by atoms with Gasteiger partial charge in [-0.05, 0) is 43.7 Å². The maximum absolute atomic E-state index is 12.5. The number of aryl methyl sites for hydroxylation is 1. The molecule has 1 aliphatic heterocycles. The molecule has 0 aliphatic carbocycles. The molecule has 6 nitrogen and oxygen atoms in total. The molecule has 2 heterocycles. The Hall–Kier alpha value is -1.99. The van der Waals surface area contributed by atoms with E-state index in [9.17, 15) is 4.79 Å². The normalized spacial score (nSPS) is 18.7. The number of amides is 1. The third-order valence-corrected chi connectivity index (χ3v) is 4.64. The molecular weight excluding hydrogens is 310 g/mol. The zero-order valence-electron chi connectivity index (χ0n) is 13.2. The third-order valence-electron chi connectivity index (χ3n) is 4.14. The molecule has 1 fully saturated rings. The molecule has 0 spiro atoms. The standard InChI is InChI=1S/C16H21N5OS/c1-19-11-17-21(16(19)23)12-20-9-5-6-13(10-20)15(22)18-14-7-3-2-4-8-14/h2-4,7-8,11,13H,5-6,9-10,12H2,1H3,(H,18,22)/t13-/m0/s1. The summed E-state index contributed by atoms with van der Waals surface area (Å²) in [6.07, 6.45) is 3.64. The van der Waals surface area contributed by atoms with Crippen LogP contribution in [0.2, 0.25) is 0 Å². The molecule has 2 aromatic rings. The molecule has 1 atom stereocenters. The van der Waals surface area contributed by atoms with Gasteiger partial charge in [-0.15, -0.1) is 0 Å². The predicted molar refractivity (Wildman–Crippen MR) is 91.4 cm³/mol. The number of hydrogen-bond acceptors (Lipinski definition) is 4. The number of para-hydroxylation sites is 1. The Morgan fingerprint density at radius 2 is 2.17 bits per heavy atom. The molecular formula is C16H21N5OS. The number of hydrogen-bond donors (Lipinski definition) is 1. The third kappa shape index (κ3) is 3.86. The summed E-state index contributed by atoms with van der Waals surface area (Å²) < 4.78 is 4.31. The summed E-state index contributed by atoms with van der Waals surface area (Å²) in [5.74, 6) is 0.0901. The summed E-state index contributed by atoms with van der Waals surface area (Å²) in [6, 6.07) is 9.60. The highest BCUT2D eigenvalue weighted by Gasteiger charge is 2.26. The number of benzene rings is 1. The lowest BCUT2D eigenvalue weighted by Crippen LogP contribution is -2.41. The van der Waals surface area contributed by atoms with Gasteiger partial charge in [0.15, 0.2) is 4.77 Å². The Balaban J connectivity index is 1.60. The average Bonchev–Trinajstić information content (AvgIpc) is 2.88. The lowest BCUT2D eigenvalue weighted by Gasteiger charge is -2.31. The van der Waals surface area contributed by atoms with Crippen LogP contribution in [-0.2, 0) is 18.5 Å². The molecule has 122 valence electrons. The second-order valence-electron chi connectivity index (χ2n) is 5.94. The Labute approximate surface area is 140 Å². The van der Waals surface area contributed by atoms with E-state index in [4.69, 9.17) is 12.2 Å². The van der Waals surface area contributed by atoms with Crippen LogP contribution < -0.4 is 5.32 Å². The molecule has 1 N–H and O–H groups in total. The van der Waals surface area contributed by atoms with Crippen molar-refractivity contribution in [2.24, 2.45) is 13.0 Å². The first kappa shape index (κ1) is 15.9. The topological polar surface area (TPSA) is 55.1 Å². The minimum Gasteiger partial charge on any atom is -0.326 e. The molecule has 1 aliphatic rings. The Bertz CT molecular complexity index is 724. The van der Waals surface area contributed by atoms with Gasteiger partial charge >= 0.3 is 0 Å². The van der Waals surface area contributed by atoms with E-state index in [0.29, 0.717) is 11.4 Å². The first-order valence-electron chi connectivity index (χ1n) is 7.80. The molecule has 3 rings (SSSR count). The smallest absolute Gasteiger partial charge is 0.228 e. The fourth-order valence-corrected chi connectivity index (χ4v) is 3.02. The van der Waals surface area contributed by atoms with Crippen molar-refractivity contribution in [2.75, 3.05) is 18.4 Å². The van der Waals surface area contributed by atoms with Crippen LogP contribution in [0.25, 0.3) is 0 Å². The number of carbonyl (C=O) groups excluding carboxylic acids is 1. The van der Waals surface area contributed by atoms with Gasteiger partial charge in [0.2, 0.25) is 5.91 Å². The average molecular weight is 331 g/mol. The van der Waals surface area contributed by atoms with Crippen molar-refractivity contribution in [2.45, 2.75) is 19.5 Å². The lowest BCUT2D eigenvalue weighted by molar-refractivity contribution is -0.121. The molecule has 0 radical (unpaired) electrons. The second-order valence-corrected chi connectivity index (χ2v) is 6.30. The van der Waals surface area contributed by atoms with E-state index in [1.165, 1.54) is 0 Å². The molecule has 1 saturated heterocycles. The fourth-order valence-electron chi connectivity index (χ4n) is 2.87. The van der Waals surface area contributed by atoms with Crippen molar-refractivity contribution >= 4 is 23.8 Å². The highest BCUT2D eigenvalue weighted by Crippen LogP contribution is 2.19. The minimum absolute atomic E-state index is 0.00170. The van der Waals surface area contributed by atoms with Crippen molar-refractivity contribution in [3.05, 3.63) is 41.4 Å². The van der Waals surface area contributed by atoms with Crippen molar-refractivity contribution < 1.29 is 4.79 Å². The Morgan fingerprint density at radius 3 is 2.87 bits per heavy atom. The summed E-state index contributed by atoms with van der Waals surface area (Å²) >= 11 is 5.32. The lowest BCUT2D eigenvalue weighted by atomic mass is 9.97. The summed E-state index contributed by atoms with van der Waals surface area (Å²) in [5.41, 5.74) is 0.849. The number of nitrogens with one attached hydrogen (secondary N) is 1. The van der Waals surface area contributed by atoms with Gasteiger partial charge in [-0.3, -0.25) is 9.69 Å². The SMILES string of the molecule is Cn1cnn(CN2CCC[C@H](C(=O)Nc3ccccc3)C2)c1=S. The maximum Gasteiger partial charge on any atom is 0.228 e. The quantitative estimate of drug-likeness (QED) is 0.873. The number of aromatic nitrogens is 3. The van der Waals surface area contributed by atoms with E-state index in [2.05, 4.69) is 15.3 Å². The summed E-state index contributed by atoms with van der Waals surface area (Å²) in [5, 5.41) is 7.28. The molecule has 0 unspecified atom stereocenters. The van der Waals surface area contributed by atoms with Crippen LogP contribution in [0, 0.1) is 10.7 Å². The van der Waals surface area contributed by atoms with E-state index < -0.39 is 0 Å². The second kappa shape index (κ2) is 7.06. The molecule has 7 heteroatoms. The van der Waals surface area contributed by atoms with Crippen LogP contribution in [-0.4, -0.2) is 38.2 Å². The molecule has 23 heavy (non-hydrogen) atoms. The molecule has 1 aromatic heterocycles. The van der Waals surface area contributed by atoms with E-state index in [-0.39, 0.29) is 11.8 Å². The number of likely N-dealkylation sites (tertiary alicyclic amines) is 1. The van der Waals surface area contributed by atoms with Gasteiger partial charge in [-0.25, -0.2) is 4.68 Å². The molecule has 1 amide bonds. The van der Waals surface area contributed by atoms with E-state index in [1.54, 1.807) is 11.0 Å². The zero-order chi connectivity index (χ0) is 16.2. The summed E-state index contributed by atoms with van der Waals surface area (Å²) in [4.78, 5) is 14.7. The van der Waals surface area contributed by atoms with Crippen LogP contribution in [0.1, 0.15) is 12.8 Å². The van der Waals surface area contributed by atoms with Crippen LogP contribution in [0.4, 0.5) is 5.69 Å². The van der Waals surface area contributed by atoms with Crippen molar-refractivity contribution in [1.29, 1.82) is 0 Å². The van der Waals surface area contributed by atoms with Crippen LogP contribution >= 0.6 is 12.2 Å². The fraction of sp³-hybridized carbons (Fsp3) is 0.438.